The van der Waals surface area contributed by atoms with E-state index in [0.717, 1.165) is 35.6 Å². The molecule has 1 aliphatic heterocycles. The van der Waals surface area contributed by atoms with Crippen LogP contribution in [0.2, 0.25) is 5.02 Å². The fourth-order valence-corrected chi connectivity index (χ4v) is 3.89. The summed E-state index contributed by atoms with van der Waals surface area (Å²) in [7, 11) is 3.28. The van der Waals surface area contributed by atoms with Crippen molar-refractivity contribution < 1.29 is 14.3 Å². The lowest BCUT2D eigenvalue weighted by Gasteiger charge is -2.20. The molecule has 0 radical (unpaired) electrons. The van der Waals surface area contributed by atoms with Crippen molar-refractivity contribution >= 4 is 34.7 Å². The lowest BCUT2D eigenvalue weighted by atomic mass is 9.93. The number of halogens is 1. The Bertz CT molecular complexity index is 1160. The Morgan fingerprint density at radius 2 is 1.69 bits per heavy atom. The summed E-state index contributed by atoms with van der Waals surface area (Å²) in [4.78, 5) is 17.0. The number of urea groups is 1. The second kappa shape index (κ2) is 9.75. The average molecular weight is 450 g/mol. The third-order valence-corrected chi connectivity index (χ3v) is 5.51. The monoisotopic (exact) mass is 449 g/mol. The van der Waals surface area contributed by atoms with Gasteiger partial charge in [-0.05, 0) is 60.0 Å². The van der Waals surface area contributed by atoms with Crippen LogP contribution in [-0.2, 0) is 12.8 Å². The van der Waals surface area contributed by atoms with Crippen molar-refractivity contribution in [1.82, 2.24) is 0 Å². The number of hydrogen-bond donors (Lipinski definition) is 2. The van der Waals surface area contributed by atoms with Crippen molar-refractivity contribution in [1.29, 1.82) is 0 Å². The molecule has 1 heterocycles. The summed E-state index contributed by atoms with van der Waals surface area (Å²) < 4.78 is 10.9. The number of amides is 2. The van der Waals surface area contributed by atoms with Crippen LogP contribution in [0.1, 0.15) is 16.7 Å². The number of methoxy groups -OCH3 is 2. The minimum Gasteiger partial charge on any atom is -0.493 e. The average Bonchev–Trinajstić information content (AvgIpc) is 2.79. The van der Waals surface area contributed by atoms with Gasteiger partial charge in [0.05, 0.1) is 14.2 Å². The highest BCUT2D eigenvalue weighted by molar-refractivity contribution is 6.30. The van der Waals surface area contributed by atoms with E-state index in [-0.39, 0.29) is 6.03 Å². The number of nitrogens with one attached hydrogen (secondary N) is 2. The molecule has 0 aliphatic carbocycles. The third kappa shape index (κ3) is 5.03. The molecule has 0 fully saturated rings. The van der Waals surface area contributed by atoms with Crippen LogP contribution in [0.4, 0.5) is 16.2 Å². The number of ether oxygens (including phenoxy) is 2. The maximum absolute atomic E-state index is 12.2. The molecule has 0 spiro atoms. The van der Waals surface area contributed by atoms with Gasteiger partial charge < -0.3 is 20.1 Å². The number of carbonyl (C=O) groups excluding carboxylic acids is 1. The Balaban J connectivity index is 1.43. The second-order valence-corrected chi connectivity index (χ2v) is 7.84. The van der Waals surface area contributed by atoms with Crippen LogP contribution in [0, 0.1) is 0 Å². The van der Waals surface area contributed by atoms with E-state index in [2.05, 4.69) is 10.6 Å². The Morgan fingerprint density at radius 1 is 0.969 bits per heavy atom. The predicted octanol–water partition coefficient (Wildman–Crippen LogP) is 5.59. The Morgan fingerprint density at radius 3 is 2.41 bits per heavy atom. The van der Waals surface area contributed by atoms with Gasteiger partial charge in [-0.2, -0.15) is 0 Å². The largest absolute Gasteiger partial charge is 0.493 e. The smallest absolute Gasteiger partial charge is 0.323 e. The zero-order valence-corrected chi connectivity index (χ0v) is 18.7. The van der Waals surface area contributed by atoms with Gasteiger partial charge in [0, 0.05) is 40.6 Å². The van der Waals surface area contributed by atoms with Gasteiger partial charge in [-0.25, -0.2) is 4.79 Å². The molecular formula is C25H24ClN3O3. The molecule has 0 unspecified atom stereocenters. The van der Waals surface area contributed by atoms with Gasteiger partial charge >= 0.3 is 6.03 Å². The van der Waals surface area contributed by atoms with Crippen LogP contribution in [-0.4, -0.2) is 32.5 Å². The first kappa shape index (κ1) is 21.7. The highest BCUT2D eigenvalue weighted by Crippen LogP contribution is 2.33. The molecule has 3 aromatic carbocycles. The molecule has 4 rings (SSSR count). The molecule has 0 saturated heterocycles. The number of fused-ring (bicyclic) bond motifs is 1. The Kier molecular flexibility index (Phi) is 6.61. The highest BCUT2D eigenvalue weighted by Gasteiger charge is 2.18. The summed E-state index contributed by atoms with van der Waals surface area (Å²) in [5.74, 6) is 1.44. The zero-order chi connectivity index (χ0) is 22.5. The molecule has 0 bridgehead atoms. The quantitative estimate of drug-likeness (QED) is 0.515. The summed E-state index contributed by atoms with van der Waals surface area (Å²) in [6, 6.07) is 18.5. The predicted molar refractivity (Wildman–Crippen MR) is 129 cm³/mol. The van der Waals surface area contributed by atoms with Crippen molar-refractivity contribution in [2.24, 2.45) is 4.99 Å². The molecule has 164 valence electrons. The number of hydrogen-bond acceptors (Lipinski definition) is 4. The van der Waals surface area contributed by atoms with Crippen molar-refractivity contribution in [3.63, 3.8) is 0 Å². The van der Waals surface area contributed by atoms with Crippen LogP contribution >= 0.6 is 11.6 Å². The molecule has 0 saturated carbocycles. The van der Waals surface area contributed by atoms with Crippen LogP contribution in [0.5, 0.6) is 11.5 Å². The molecule has 2 N–H and O–H groups in total. The van der Waals surface area contributed by atoms with E-state index in [9.17, 15) is 4.79 Å². The number of nitrogens with zero attached hydrogens (tertiary/aromatic N) is 1. The van der Waals surface area contributed by atoms with E-state index in [1.807, 2.05) is 36.4 Å². The number of anilines is 2. The minimum absolute atomic E-state index is 0.327. The summed E-state index contributed by atoms with van der Waals surface area (Å²) in [5.41, 5.74) is 5.76. The van der Waals surface area contributed by atoms with E-state index in [1.54, 1.807) is 38.5 Å². The van der Waals surface area contributed by atoms with Gasteiger partial charge in [0.15, 0.2) is 11.5 Å². The van der Waals surface area contributed by atoms with E-state index < -0.39 is 0 Å². The first-order valence-electron chi connectivity index (χ1n) is 10.3. The first-order valence-corrected chi connectivity index (χ1v) is 10.6. The minimum atomic E-state index is -0.327. The van der Waals surface area contributed by atoms with Crippen LogP contribution in [0.3, 0.4) is 0 Å². The molecule has 7 heteroatoms. The van der Waals surface area contributed by atoms with Gasteiger partial charge in [0.25, 0.3) is 0 Å². The first-order chi connectivity index (χ1) is 15.6. The van der Waals surface area contributed by atoms with Crippen LogP contribution < -0.4 is 20.1 Å². The van der Waals surface area contributed by atoms with Gasteiger partial charge in [-0.15, -0.1) is 0 Å². The third-order valence-electron chi connectivity index (χ3n) is 5.27. The zero-order valence-electron chi connectivity index (χ0n) is 17.9. The molecule has 6 nitrogen and oxygen atoms in total. The lowest BCUT2D eigenvalue weighted by molar-refractivity contribution is 0.262. The highest BCUT2D eigenvalue weighted by atomic mass is 35.5. The molecule has 32 heavy (non-hydrogen) atoms. The summed E-state index contributed by atoms with van der Waals surface area (Å²) in [5, 5.41) is 6.16. The van der Waals surface area contributed by atoms with Crippen molar-refractivity contribution in [3.8, 4) is 11.5 Å². The molecule has 3 aromatic rings. The molecule has 0 atom stereocenters. The molecule has 0 aromatic heterocycles. The maximum Gasteiger partial charge on any atom is 0.323 e. The van der Waals surface area contributed by atoms with E-state index in [1.165, 1.54) is 5.56 Å². The molecular weight excluding hydrogens is 426 g/mol. The van der Waals surface area contributed by atoms with E-state index >= 15 is 0 Å². The second-order valence-electron chi connectivity index (χ2n) is 7.41. The topological polar surface area (TPSA) is 72.0 Å². The van der Waals surface area contributed by atoms with Crippen molar-refractivity contribution in [2.75, 3.05) is 31.4 Å². The number of benzene rings is 3. The Labute approximate surface area is 192 Å². The normalized spacial score (nSPS) is 12.4. The molecule has 1 aliphatic rings. The SMILES string of the molecule is COc1cc2c(cc1OC)C(Cc1ccc(NC(=O)Nc3cccc(Cl)c3)cc1)=NCC2. The standard InChI is InChI=1S/C25H24ClN3O3/c1-31-23-13-17-10-11-27-22(21(17)15-24(23)32-2)12-16-6-8-19(9-7-16)28-25(30)29-20-5-3-4-18(26)14-20/h3-9,13-15H,10-12H2,1-2H3,(H2,28,29,30). The van der Waals surface area contributed by atoms with Crippen LogP contribution in [0.15, 0.2) is 65.7 Å². The van der Waals surface area contributed by atoms with Gasteiger partial charge in [0.2, 0.25) is 0 Å². The Hall–Kier alpha value is -3.51. The van der Waals surface area contributed by atoms with Gasteiger partial charge in [0.1, 0.15) is 0 Å². The molecule has 2 amide bonds. The number of aliphatic imine (C=N–C) groups is 1. The number of rotatable bonds is 6. The summed E-state index contributed by atoms with van der Waals surface area (Å²) >= 11 is 5.95. The van der Waals surface area contributed by atoms with Crippen molar-refractivity contribution in [3.05, 3.63) is 82.4 Å². The number of carbonyl (C=O) groups is 1. The van der Waals surface area contributed by atoms with E-state index in [0.29, 0.717) is 28.6 Å². The fourth-order valence-electron chi connectivity index (χ4n) is 3.70. The lowest BCUT2D eigenvalue weighted by Crippen LogP contribution is -2.19. The van der Waals surface area contributed by atoms with Crippen LogP contribution in [0.25, 0.3) is 0 Å². The summed E-state index contributed by atoms with van der Waals surface area (Å²) in [6.45, 7) is 0.751. The van der Waals surface area contributed by atoms with Gasteiger partial charge in [-0.1, -0.05) is 29.8 Å². The fraction of sp³-hybridized carbons (Fsp3) is 0.200. The summed E-state index contributed by atoms with van der Waals surface area (Å²) in [6.07, 6.45) is 1.57. The van der Waals surface area contributed by atoms with E-state index in [4.69, 9.17) is 26.1 Å². The van der Waals surface area contributed by atoms with Crippen molar-refractivity contribution in [2.45, 2.75) is 12.8 Å². The van der Waals surface area contributed by atoms with Gasteiger partial charge in [-0.3, -0.25) is 4.99 Å². The maximum atomic E-state index is 12.2.